The molecule has 4 heteroatoms. The number of hydrogen-bond donors (Lipinski definition) is 2. The summed E-state index contributed by atoms with van der Waals surface area (Å²) in [4.78, 5) is 10.3. The van der Waals surface area contributed by atoms with Gasteiger partial charge in [-0.2, -0.15) is 5.26 Å². The predicted octanol–water partition coefficient (Wildman–Crippen LogP) is 1.46. The molecule has 0 spiro atoms. The summed E-state index contributed by atoms with van der Waals surface area (Å²) in [7, 11) is 0. The van der Waals surface area contributed by atoms with E-state index in [4.69, 9.17) is 10.4 Å². The van der Waals surface area contributed by atoms with Gasteiger partial charge in [-0.25, -0.2) is 0 Å². The van der Waals surface area contributed by atoms with Crippen LogP contribution in [0.25, 0.3) is 0 Å². The van der Waals surface area contributed by atoms with Crippen molar-refractivity contribution in [2.75, 3.05) is 0 Å². The first-order chi connectivity index (χ1) is 7.15. The van der Waals surface area contributed by atoms with E-state index in [9.17, 15) is 9.90 Å². The molecule has 1 atom stereocenters. The van der Waals surface area contributed by atoms with E-state index in [0.717, 1.165) is 0 Å². The van der Waals surface area contributed by atoms with Crippen LogP contribution in [0.3, 0.4) is 0 Å². The zero-order valence-electron chi connectivity index (χ0n) is 8.05. The van der Waals surface area contributed by atoms with Crippen LogP contribution in [-0.2, 0) is 4.79 Å². The Hall–Kier alpha value is -1.86. The van der Waals surface area contributed by atoms with E-state index in [0.29, 0.717) is 11.1 Å². The van der Waals surface area contributed by atoms with Gasteiger partial charge in [0.2, 0.25) is 0 Å². The van der Waals surface area contributed by atoms with Gasteiger partial charge in [0.05, 0.1) is 17.7 Å². The molecule has 2 N–H and O–H groups in total. The number of hydrogen-bond acceptors (Lipinski definition) is 3. The zero-order valence-corrected chi connectivity index (χ0v) is 8.05. The minimum absolute atomic E-state index is 0.110. The monoisotopic (exact) mass is 205 g/mol. The van der Waals surface area contributed by atoms with Crippen LogP contribution in [0.1, 0.15) is 30.1 Å². The molecule has 0 bridgehead atoms. The van der Waals surface area contributed by atoms with Gasteiger partial charge in [-0.3, -0.25) is 4.79 Å². The Bertz CT molecular complexity index is 395. The van der Waals surface area contributed by atoms with Crippen LogP contribution in [0.2, 0.25) is 0 Å². The Labute approximate surface area is 87.4 Å². The van der Waals surface area contributed by atoms with Gasteiger partial charge in [-0.15, -0.1) is 0 Å². The van der Waals surface area contributed by atoms with Gasteiger partial charge in [0.1, 0.15) is 0 Å². The van der Waals surface area contributed by atoms with Gasteiger partial charge < -0.3 is 10.2 Å². The van der Waals surface area contributed by atoms with Gasteiger partial charge in [-0.1, -0.05) is 18.2 Å². The maximum Gasteiger partial charge on any atom is 0.303 e. The van der Waals surface area contributed by atoms with Crippen molar-refractivity contribution >= 4 is 5.97 Å². The molecule has 0 aromatic heterocycles. The normalized spacial score (nSPS) is 11.7. The van der Waals surface area contributed by atoms with Crippen LogP contribution in [0, 0.1) is 11.3 Å². The predicted molar refractivity (Wildman–Crippen MR) is 53.0 cm³/mol. The summed E-state index contributed by atoms with van der Waals surface area (Å²) < 4.78 is 0. The van der Waals surface area contributed by atoms with E-state index >= 15 is 0 Å². The molecule has 1 unspecified atom stereocenters. The fourth-order valence-corrected chi connectivity index (χ4v) is 1.31. The van der Waals surface area contributed by atoms with Crippen LogP contribution in [0.5, 0.6) is 0 Å². The number of carboxylic acid groups (broad SMARTS) is 1. The molecule has 0 saturated heterocycles. The minimum atomic E-state index is -0.955. The molecule has 0 aliphatic heterocycles. The average molecular weight is 205 g/mol. The number of carboxylic acids is 1. The second-order valence-corrected chi connectivity index (χ2v) is 3.15. The summed E-state index contributed by atoms with van der Waals surface area (Å²) in [6.45, 7) is 0. The quantitative estimate of drug-likeness (QED) is 0.779. The Morgan fingerprint density at radius 2 is 2.13 bits per heavy atom. The Balaban J connectivity index is 2.77. The number of benzene rings is 1. The van der Waals surface area contributed by atoms with Crippen molar-refractivity contribution < 1.29 is 15.0 Å². The first kappa shape index (κ1) is 11.2. The highest BCUT2D eigenvalue weighted by atomic mass is 16.4. The number of nitrogens with zero attached hydrogens (tertiary/aromatic N) is 1. The fraction of sp³-hybridized carbons (Fsp3) is 0.273. The smallest absolute Gasteiger partial charge is 0.303 e. The van der Waals surface area contributed by atoms with Crippen molar-refractivity contribution in [2.24, 2.45) is 0 Å². The number of nitriles is 1. The lowest BCUT2D eigenvalue weighted by molar-refractivity contribution is -0.137. The van der Waals surface area contributed by atoms with Crippen LogP contribution in [0.4, 0.5) is 0 Å². The van der Waals surface area contributed by atoms with Crippen molar-refractivity contribution in [1.29, 1.82) is 5.26 Å². The molecule has 0 aliphatic rings. The molecule has 0 saturated carbocycles. The Morgan fingerprint density at radius 3 is 2.73 bits per heavy atom. The molecule has 0 fully saturated rings. The second kappa shape index (κ2) is 5.13. The van der Waals surface area contributed by atoms with Crippen LogP contribution in [0.15, 0.2) is 24.3 Å². The molecular formula is C11H11NO3. The van der Waals surface area contributed by atoms with Crippen LogP contribution >= 0.6 is 0 Å². The number of aliphatic hydroxyl groups excluding tert-OH is 1. The minimum Gasteiger partial charge on any atom is -0.481 e. The largest absolute Gasteiger partial charge is 0.481 e. The number of carbonyl (C=O) groups is 1. The van der Waals surface area contributed by atoms with Gasteiger partial charge in [0.25, 0.3) is 0 Å². The lowest BCUT2D eigenvalue weighted by Gasteiger charge is -2.10. The van der Waals surface area contributed by atoms with Crippen molar-refractivity contribution in [3.05, 3.63) is 35.4 Å². The summed E-state index contributed by atoms with van der Waals surface area (Å²) in [5, 5.41) is 26.9. The number of rotatable bonds is 4. The van der Waals surface area contributed by atoms with Crippen LogP contribution < -0.4 is 0 Å². The fourth-order valence-electron chi connectivity index (χ4n) is 1.31. The number of aliphatic carboxylic acids is 1. The molecule has 78 valence electrons. The van der Waals surface area contributed by atoms with Crippen LogP contribution in [-0.4, -0.2) is 16.2 Å². The van der Waals surface area contributed by atoms with Crippen molar-refractivity contribution in [3.63, 3.8) is 0 Å². The lowest BCUT2D eigenvalue weighted by Crippen LogP contribution is -2.04. The highest BCUT2D eigenvalue weighted by Gasteiger charge is 2.12. The standard InChI is InChI=1S/C11H11NO3/c12-7-8-3-1-2-4-9(8)10(13)5-6-11(14)15/h1-4,10,13H,5-6H2,(H,14,15). The molecule has 0 radical (unpaired) electrons. The van der Waals surface area contributed by atoms with E-state index in [2.05, 4.69) is 0 Å². The van der Waals surface area contributed by atoms with Crippen molar-refractivity contribution in [3.8, 4) is 6.07 Å². The molecule has 0 amide bonds. The highest BCUT2D eigenvalue weighted by molar-refractivity contribution is 5.66. The van der Waals surface area contributed by atoms with E-state index in [-0.39, 0.29) is 12.8 Å². The first-order valence-corrected chi connectivity index (χ1v) is 4.54. The molecule has 4 nitrogen and oxygen atoms in total. The third-order valence-electron chi connectivity index (χ3n) is 2.07. The summed E-state index contributed by atoms with van der Waals surface area (Å²) in [5.41, 5.74) is 0.872. The van der Waals surface area contributed by atoms with E-state index in [1.54, 1.807) is 24.3 Å². The third kappa shape index (κ3) is 3.08. The van der Waals surface area contributed by atoms with E-state index in [1.807, 2.05) is 6.07 Å². The zero-order chi connectivity index (χ0) is 11.3. The first-order valence-electron chi connectivity index (χ1n) is 4.54. The maximum absolute atomic E-state index is 10.3. The van der Waals surface area contributed by atoms with Crippen molar-refractivity contribution in [1.82, 2.24) is 0 Å². The van der Waals surface area contributed by atoms with Gasteiger partial charge in [-0.05, 0) is 18.1 Å². The summed E-state index contributed by atoms with van der Waals surface area (Å²) >= 11 is 0. The summed E-state index contributed by atoms with van der Waals surface area (Å²) in [6.07, 6.45) is -0.883. The topological polar surface area (TPSA) is 81.3 Å². The molecule has 1 aromatic carbocycles. The lowest BCUT2D eigenvalue weighted by atomic mass is 10.00. The summed E-state index contributed by atoms with van der Waals surface area (Å²) in [5.74, 6) is -0.955. The van der Waals surface area contributed by atoms with Crippen molar-refractivity contribution in [2.45, 2.75) is 18.9 Å². The number of aliphatic hydroxyl groups is 1. The third-order valence-corrected chi connectivity index (χ3v) is 2.07. The SMILES string of the molecule is N#Cc1ccccc1C(O)CCC(=O)O. The molecule has 1 aromatic rings. The van der Waals surface area contributed by atoms with Gasteiger partial charge in [0.15, 0.2) is 0 Å². The molecule has 0 heterocycles. The molecule has 1 rings (SSSR count). The van der Waals surface area contributed by atoms with Gasteiger partial charge >= 0.3 is 5.97 Å². The maximum atomic E-state index is 10.3. The highest BCUT2D eigenvalue weighted by Crippen LogP contribution is 2.21. The molecule has 0 aliphatic carbocycles. The van der Waals surface area contributed by atoms with E-state index in [1.165, 1.54) is 0 Å². The van der Waals surface area contributed by atoms with E-state index < -0.39 is 12.1 Å². The Morgan fingerprint density at radius 1 is 1.47 bits per heavy atom. The molecular weight excluding hydrogens is 194 g/mol. The average Bonchev–Trinajstić information content (AvgIpc) is 2.25. The van der Waals surface area contributed by atoms with Gasteiger partial charge in [0, 0.05) is 6.42 Å². The second-order valence-electron chi connectivity index (χ2n) is 3.15. The Kier molecular flexibility index (Phi) is 3.83. The summed E-state index contributed by atoms with van der Waals surface area (Å²) in [6, 6.07) is 8.59. The molecule has 15 heavy (non-hydrogen) atoms.